The molecular weight excluding hydrogens is 274 g/mol. The normalized spacial score (nSPS) is 16.2. The fourth-order valence-electron chi connectivity index (χ4n) is 1.96. The molecule has 6 heteroatoms. The Morgan fingerprint density at radius 1 is 1.33 bits per heavy atom. The van der Waals surface area contributed by atoms with Crippen molar-refractivity contribution in [1.29, 1.82) is 0 Å². The lowest BCUT2D eigenvalue weighted by molar-refractivity contribution is 0.0435. The van der Waals surface area contributed by atoms with E-state index in [4.69, 9.17) is 14.2 Å². The molecule has 1 aliphatic rings. The van der Waals surface area contributed by atoms with Crippen LogP contribution in [-0.4, -0.2) is 29.6 Å². The summed E-state index contributed by atoms with van der Waals surface area (Å²) in [6, 6.07) is 4.69. The minimum atomic E-state index is -0.869. The van der Waals surface area contributed by atoms with Gasteiger partial charge in [0.25, 0.3) is 0 Å². The summed E-state index contributed by atoms with van der Waals surface area (Å²) in [4.78, 5) is 11.7. The Bertz CT molecular complexity index is 523. The molecular formula is C15H21NO5. The molecule has 0 saturated carbocycles. The van der Waals surface area contributed by atoms with E-state index in [9.17, 15) is 9.90 Å². The van der Waals surface area contributed by atoms with E-state index in [0.717, 1.165) is 0 Å². The van der Waals surface area contributed by atoms with Crippen molar-refractivity contribution in [2.24, 2.45) is 0 Å². The average molecular weight is 295 g/mol. The van der Waals surface area contributed by atoms with Crippen molar-refractivity contribution in [3.63, 3.8) is 0 Å². The van der Waals surface area contributed by atoms with E-state index in [0.29, 0.717) is 17.1 Å². The van der Waals surface area contributed by atoms with Crippen LogP contribution in [0.15, 0.2) is 18.2 Å². The molecule has 0 bridgehead atoms. The number of ether oxygens (including phenoxy) is 3. The molecule has 1 aromatic carbocycles. The first kappa shape index (κ1) is 15.4. The summed E-state index contributed by atoms with van der Waals surface area (Å²) in [5.74, 6) is 1.25. The third-order valence-corrected chi connectivity index (χ3v) is 2.96. The summed E-state index contributed by atoms with van der Waals surface area (Å²) < 4.78 is 15.7. The Balaban J connectivity index is 1.99. The van der Waals surface area contributed by atoms with E-state index < -0.39 is 23.8 Å². The zero-order valence-electron chi connectivity index (χ0n) is 12.7. The molecule has 0 unspecified atom stereocenters. The highest BCUT2D eigenvalue weighted by Gasteiger charge is 2.24. The smallest absolute Gasteiger partial charge is 0.407 e. The number of carbonyl (C=O) groups excluding carboxylic acids is 1. The number of fused-ring (bicyclic) bond motifs is 1. The zero-order valence-corrected chi connectivity index (χ0v) is 12.7. The topological polar surface area (TPSA) is 77.0 Å². The molecule has 1 aromatic rings. The summed E-state index contributed by atoms with van der Waals surface area (Å²) >= 11 is 0. The molecule has 2 atom stereocenters. The van der Waals surface area contributed by atoms with Gasteiger partial charge in [-0.15, -0.1) is 0 Å². The minimum Gasteiger partial charge on any atom is -0.454 e. The molecule has 6 nitrogen and oxygen atoms in total. The summed E-state index contributed by atoms with van der Waals surface area (Å²) in [7, 11) is 0. The predicted molar refractivity (Wildman–Crippen MR) is 76.4 cm³/mol. The first-order chi connectivity index (χ1) is 9.76. The number of nitrogens with one attached hydrogen (secondary N) is 1. The van der Waals surface area contributed by atoms with E-state index in [1.165, 1.54) is 0 Å². The number of amides is 1. The van der Waals surface area contributed by atoms with E-state index in [1.807, 2.05) is 0 Å². The molecule has 1 heterocycles. The lowest BCUT2D eigenvalue weighted by atomic mass is 10.0. The SMILES string of the molecule is C[C@@H](NC(=O)OC(C)(C)C)[C@H](O)c1ccc2c(c1)OCO2. The highest BCUT2D eigenvalue weighted by molar-refractivity contribution is 5.68. The molecule has 2 rings (SSSR count). The highest BCUT2D eigenvalue weighted by atomic mass is 16.7. The van der Waals surface area contributed by atoms with Crippen molar-refractivity contribution in [2.75, 3.05) is 6.79 Å². The van der Waals surface area contributed by atoms with Crippen LogP contribution in [0.1, 0.15) is 39.4 Å². The fourth-order valence-corrected chi connectivity index (χ4v) is 1.96. The van der Waals surface area contributed by atoms with Gasteiger partial charge in [0.1, 0.15) is 5.60 Å². The summed E-state index contributed by atoms with van der Waals surface area (Å²) in [6.45, 7) is 7.24. The van der Waals surface area contributed by atoms with Crippen LogP contribution in [0.5, 0.6) is 11.5 Å². The van der Waals surface area contributed by atoms with Gasteiger partial charge in [-0.1, -0.05) is 6.07 Å². The van der Waals surface area contributed by atoms with Crippen LogP contribution in [0, 0.1) is 0 Å². The minimum absolute atomic E-state index is 0.181. The van der Waals surface area contributed by atoms with Gasteiger partial charge in [0.15, 0.2) is 11.5 Å². The van der Waals surface area contributed by atoms with Gasteiger partial charge in [-0.2, -0.15) is 0 Å². The molecule has 0 fully saturated rings. The van der Waals surface area contributed by atoms with Crippen LogP contribution < -0.4 is 14.8 Å². The number of hydrogen-bond donors (Lipinski definition) is 2. The predicted octanol–water partition coefficient (Wildman–Crippen LogP) is 2.36. The molecule has 0 aromatic heterocycles. The van der Waals surface area contributed by atoms with Crippen molar-refractivity contribution >= 4 is 6.09 Å². The van der Waals surface area contributed by atoms with Gasteiger partial charge in [0, 0.05) is 0 Å². The van der Waals surface area contributed by atoms with Crippen LogP contribution in [0.4, 0.5) is 4.79 Å². The van der Waals surface area contributed by atoms with Crippen LogP contribution in [0.2, 0.25) is 0 Å². The molecule has 0 aliphatic carbocycles. The third kappa shape index (κ3) is 4.01. The number of aliphatic hydroxyl groups excluding tert-OH is 1. The van der Waals surface area contributed by atoms with E-state index >= 15 is 0 Å². The number of benzene rings is 1. The van der Waals surface area contributed by atoms with Crippen LogP contribution in [-0.2, 0) is 4.74 Å². The average Bonchev–Trinajstić information content (AvgIpc) is 2.82. The Kier molecular flexibility index (Phi) is 4.27. The summed E-state index contributed by atoms with van der Waals surface area (Å²) in [6.07, 6.45) is -1.43. The Labute approximate surface area is 124 Å². The van der Waals surface area contributed by atoms with Gasteiger partial charge >= 0.3 is 6.09 Å². The molecule has 0 saturated heterocycles. The van der Waals surface area contributed by atoms with Crippen molar-refractivity contribution in [3.05, 3.63) is 23.8 Å². The van der Waals surface area contributed by atoms with Gasteiger partial charge in [0.05, 0.1) is 12.1 Å². The molecule has 0 spiro atoms. The maximum atomic E-state index is 11.7. The van der Waals surface area contributed by atoms with Gasteiger partial charge in [-0.25, -0.2) is 4.79 Å². The molecule has 0 radical (unpaired) electrons. The number of aliphatic hydroxyl groups is 1. The second kappa shape index (κ2) is 5.81. The maximum absolute atomic E-state index is 11.7. The molecule has 1 amide bonds. The lowest BCUT2D eigenvalue weighted by Crippen LogP contribution is -2.40. The molecule has 2 N–H and O–H groups in total. The standard InChI is InChI=1S/C15H21NO5/c1-9(16-14(18)21-15(2,3)4)13(17)10-5-6-11-12(7-10)20-8-19-11/h5-7,9,13,17H,8H2,1-4H3,(H,16,18)/t9-,13+/m1/s1. The largest absolute Gasteiger partial charge is 0.454 e. The molecule has 1 aliphatic heterocycles. The van der Waals surface area contributed by atoms with E-state index in [2.05, 4.69) is 5.32 Å². The van der Waals surface area contributed by atoms with Gasteiger partial charge in [-0.3, -0.25) is 0 Å². The van der Waals surface area contributed by atoms with Crippen molar-refractivity contribution in [3.8, 4) is 11.5 Å². The van der Waals surface area contributed by atoms with E-state index in [1.54, 1.807) is 45.9 Å². The maximum Gasteiger partial charge on any atom is 0.407 e. The van der Waals surface area contributed by atoms with Crippen molar-refractivity contribution < 1.29 is 24.1 Å². The monoisotopic (exact) mass is 295 g/mol. The quantitative estimate of drug-likeness (QED) is 0.895. The molecule has 21 heavy (non-hydrogen) atoms. The second-order valence-corrected chi connectivity index (χ2v) is 5.99. The Morgan fingerprint density at radius 3 is 2.67 bits per heavy atom. The number of hydrogen-bond acceptors (Lipinski definition) is 5. The van der Waals surface area contributed by atoms with Gasteiger partial charge in [0.2, 0.25) is 6.79 Å². The van der Waals surface area contributed by atoms with Gasteiger partial charge < -0.3 is 24.6 Å². The highest BCUT2D eigenvalue weighted by Crippen LogP contribution is 2.34. The summed E-state index contributed by atoms with van der Waals surface area (Å²) in [5.41, 5.74) is 0.0656. The number of carbonyl (C=O) groups is 1. The van der Waals surface area contributed by atoms with Gasteiger partial charge in [-0.05, 0) is 45.4 Å². The zero-order chi connectivity index (χ0) is 15.6. The summed E-state index contributed by atoms with van der Waals surface area (Å²) in [5, 5.41) is 12.9. The lowest BCUT2D eigenvalue weighted by Gasteiger charge is -2.24. The number of rotatable bonds is 3. The van der Waals surface area contributed by atoms with Crippen molar-refractivity contribution in [2.45, 2.75) is 45.4 Å². The third-order valence-electron chi connectivity index (χ3n) is 2.96. The Morgan fingerprint density at radius 2 is 2.00 bits per heavy atom. The van der Waals surface area contributed by atoms with Crippen LogP contribution in [0.25, 0.3) is 0 Å². The van der Waals surface area contributed by atoms with Crippen molar-refractivity contribution in [1.82, 2.24) is 5.32 Å². The first-order valence-electron chi connectivity index (χ1n) is 6.83. The Hall–Kier alpha value is -1.95. The van der Waals surface area contributed by atoms with Crippen LogP contribution in [0.3, 0.4) is 0 Å². The fraction of sp³-hybridized carbons (Fsp3) is 0.533. The first-order valence-corrected chi connectivity index (χ1v) is 6.83. The van der Waals surface area contributed by atoms with Crippen LogP contribution >= 0.6 is 0 Å². The van der Waals surface area contributed by atoms with E-state index in [-0.39, 0.29) is 6.79 Å². The second-order valence-electron chi connectivity index (χ2n) is 5.99. The molecule has 116 valence electrons. The number of alkyl carbamates (subject to hydrolysis) is 1.